The summed E-state index contributed by atoms with van der Waals surface area (Å²) in [5.41, 5.74) is 0. The maximum Gasteiger partial charge on any atom is 0.405 e. The van der Waals surface area contributed by atoms with E-state index in [1.807, 2.05) is 0 Å². The van der Waals surface area contributed by atoms with E-state index in [1.54, 1.807) is 21.0 Å². The van der Waals surface area contributed by atoms with Crippen molar-refractivity contribution in [2.24, 2.45) is 0 Å². The number of hydrogen-bond donors (Lipinski definition) is 2. The van der Waals surface area contributed by atoms with E-state index in [0.29, 0.717) is 0 Å². The van der Waals surface area contributed by atoms with Crippen LogP contribution >= 0.6 is 0 Å². The van der Waals surface area contributed by atoms with Gasteiger partial charge >= 0.3 is 6.09 Å². The molecule has 13 heavy (non-hydrogen) atoms. The van der Waals surface area contributed by atoms with Gasteiger partial charge in [0.2, 0.25) is 0 Å². The quantitative estimate of drug-likeness (QED) is 0.551. The average Bonchev–Trinajstić information content (AvgIpc) is 1.98. The van der Waals surface area contributed by atoms with E-state index < -0.39 is 12.1 Å². The fraction of sp³-hybridized carbons (Fsp3) is 0.500. The summed E-state index contributed by atoms with van der Waals surface area (Å²) in [6, 6.07) is -0.540. The first-order chi connectivity index (χ1) is 5.93. The van der Waals surface area contributed by atoms with Gasteiger partial charge in [-0.25, -0.2) is 4.79 Å². The number of hydrogen-bond acceptors (Lipinski definition) is 2. The molecule has 0 aromatic rings. The summed E-state index contributed by atoms with van der Waals surface area (Å²) in [4.78, 5) is 22.3. The SMILES string of the molecule is C[C@@H](C#CC(=O)N(C)C)NC(=O)O. The second kappa shape index (κ2) is 5.04. The normalized spacial score (nSPS) is 10.7. The number of amides is 2. The van der Waals surface area contributed by atoms with Gasteiger partial charge in [-0.05, 0) is 12.8 Å². The summed E-state index contributed by atoms with van der Waals surface area (Å²) in [6.07, 6.45) is -1.15. The van der Waals surface area contributed by atoms with Gasteiger partial charge in [0.05, 0.1) is 6.04 Å². The molecule has 0 aromatic heterocycles. The summed E-state index contributed by atoms with van der Waals surface area (Å²) in [5, 5.41) is 10.4. The van der Waals surface area contributed by atoms with E-state index in [9.17, 15) is 9.59 Å². The van der Waals surface area contributed by atoms with Crippen LogP contribution in [0.5, 0.6) is 0 Å². The predicted octanol–water partition coefficient (Wildman–Crippen LogP) is -0.266. The second-order valence-corrected chi connectivity index (χ2v) is 2.64. The van der Waals surface area contributed by atoms with Crippen molar-refractivity contribution in [3.63, 3.8) is 0 Å². The Kier molecular flexibility index (Phi) is 4.38. The number of carbonyl (C=O) groups is 2. The van der Waals surface area contributed by atoms with E-state index in [1.165, 1.54) is 4.90 Å². The maximum atomic E-state index is 10.9. The molecule has 0 aliphatic heterocycles. The first-order valence-corrected chi connectivity index (χ1v) is 3.65. The van der Waals surface area contributed by atoms with Gasteiger partial charge in [-0.1, -0.05) is 5.92 Å². The van der Waals surface area contributed by atoms with Gasteiger partial charge in [0.1, 0.15) is 0 Å². The van der Waals surface area contributed by atoms with Gasteiger partial charge in [0.15, 0.2) is 0 Å². The lowest BCUT2D eigenvalue weighted by atomic mass is 10.3. The van der Waals surface area contributed by atoms with E-state index >= 15 is 0 Å². The molecule has 0 radical (unpaired) electrons. The monoisotopic (exact) mass is 184 g/mol. The maximum absolute atomic E-state index is 10.9. The average molecular weight is 184 g/mol. The van der Waals surface area contributed by atoms with Crippen LogP contribution in [0.2, 0.25) is 0 Å². The number of nitrogens with zero attached hydrogens (tertiary/aromatic N) is 1. The van der Waals surface area contributed by atoms with Crippen molar-refractivity contribution >= 4 is 12.0 Å². The Balaban J connectivity index is 4.09. The molecule has 0 rings (SSSR count). The van der Waals surface area contributed by atoms with E-state index in [4.69, 9.17) is 5.11 Å². The van der Waals surface area contributed by atoms with Crippen molar-refractivity contribution in [2.75, 3.05) is 14.1 Å². The molecule has 0 spiro atoms. The lowest BCUT2D eigenvalue weighted by molar-refractivity contribution is -0.122. The largest absolute Gasteiger partial charge is 0.465 e. The summed E-state index contributed by atoms with van der Waals surface area (Å²) in [6.45, 7) is 1.56. The van der Waals surface area contributed by atoms with Crippen molar-refractivity contribution in [3.05, 3.63) is 0 Å². The highest BCUT2D eigenvalue weighted by molar-refractivity contribution is 5.93. The fourth-order valence-corrected chi connectivity index (χ4v) is 0.503. The highest BCUT2D eigenvalue weighted by atomic mass is 16.4. The summed E-state index contributed by atoms with van der Waals surface area (Å²) in [7, 11) is 3.15. The molecule has 0 fully saturated rings. The molecular weight excluding hydrogens is 172 g/mol. The zero-order chi connectivity index (χ0) is 10.4. The fourth-order valence-electron chi connectivity index (χ4n) is 0.503. The van der Waals surface area contributed by atoms with Gasteiger partial charge in [-0.3, -0.25) is 4.79 Å². The third-order valence-electron chi connectivity index (χ3n) is 1.14. The van der Waals surface area contributed by atoms with Crippen molar-refractivity contribution in [1.82, 2.24) is 10.2 Å². The molecule has 5 heteroatoms. The Morgan fingerprint density at radius 3 is 2.38 bits per heavy atom. The van der Waals surface area contributed by atoms with Crippen LogP contribution in [0.1, 0.15) is 6.92 Å². The minimum atomic E-state index is -1.15. The van der Waals surface area contributed by atoms with Crippen LogP contribution in [0.15, 0.2) is 0 Å². The molecule has 0 aliphatic carbocycles. The topological polar surface area (TPSA) is 69.6 Å². The number of rotatable bonds is 1. The molecule has 1 atom stereocenters. The first kappa shape index (κ1) is 11.3. The van der Waals surface area contributed by atoms with Gasteiger partial charge < -0.3 is 15.3 Å². The number of carboxylic acid groups (broad SMARTS) is 1. The summed E-state index contributed by atoms with van der Waals surface area (Å²) in [5.74, 6) is 4.41. The Morgan fingerprint density at radius 1 is 1.46 bits per heavy atom. The Morgan fingerprint density at radius 2 is 2.00 bits per heavy atom. The predicted molar refractivity (Wildman–Crippen MR) is 47.1 cm³/mol. The highest BCUT2D eigenvalue weighted by Crippen LogP contribution is 1.79. The minimum absolute atomic E-state index is 0.348. The van der Waals surface area contributed by atoms with Crippen LogP contribution < -0.4 is 5.32 Å². The molecule has 0 saturated carbocycles. The smallest absolute Gasteiger partial charge is 0.405 e. The number of carbonyl (C=O) groups excluding carboxylic acids is 1. The van der Waals surface area contributed by atoms with Crippen molar-refractivity contribution in [2.45, 2.75) is 13.0 Å². The van der Waals surface area contributed by atoms with Crippen LogP contribution in [0.25, 0.3) is 0 Å². The lowest BCUT2D eigenvalue weighted by Gasteiger charge is -2.04. The van der Waals surface area contributed by atoms with Crippen LogP contribution in [0, 0.1) is 11.8 Å². The molecule has 0 heterocycles. The standard InChI is InChI=1S/C8H12N2O3/c1-6(9-8(12)13)4-5-7(11)10(2)3/h6,9H,1-3H3,(H,12,13)/t6-/m0/s1. The molecule has 0 aromatic carbocycles. The van der Waals surface area contributed by atoms with E-state index in [-0.39, 0.29) is 5.91 Å². The molecule has 0 unspecified atom stereocenters. The highest BCUT2D eigenvalue weighted by Gasteiger charge is 2.01. The third-order valence-corrected chi connectivity index (χ3v) is 1.14. The molecule has 5 nitrogen and oxygen atoms in total. The zero-order valence-corrected chi connectivity index (χ0v) is 7.79. The van der Waals surface area contributed by atoms with Crippen LogP contribution in [0.3, 0.4) is 0 Å². The van der Waals surface area contributed by atoms with E-state index in [2.05, 4.69) is 17.2 Å². The Labute approximate surface area is 76.7 Å². The van der Waals surface area contributed by atoms with Gasteiger partial charge in [-0.15, -0.1) is 0 Å². The van der Waals surface area contributed by atoms with Gasteiger partial charge in [-0.2, -0.15) is 0 Å². The molecular formula is C8H12N2O3. The second-order valence-electron chi connectivity index (χ2n) is 2.64. The Bertz CT molecular complexity index is 262. The van der Waals surface area contributed by atoms with Crippen LogP contribution in [0.4, 0.5) is 4.79 Å². The number of nitrogens with one attached hydrogen (secondary N) is 1. The van der Waals surface area contributed by atoms with Crippen molar-refractivity contribution in [3.8, 4) is 11.8 Å². The summed E-state index contributed by atoms with van der Waals surface area (Å²) >= 11 is 0. The minimum Gasteiger partial charge on any atom is -0.465 e. The molecule has 2 amide bonds. The molecule has 0 saturated heterocycles. The van der Waals surface area contributed by atoms with Crippen LogP contribution in [-0.4, -0.2) is 42.1 Å². The van der Waals surface area contributed by atoms with Gasteiger partial charge in [0, 0.05) is 14.1 Å². The lowest BCUT2D eigenvalue weighted by Crippen LogP contribution is -2.30. The third kappa shape index (κ3) is 5.56. The molecule has 0 aliphatic rings. The zero-order valence-electron chi connectivity index (χ0n) is 7.79. The van der Waals surface area contributed by atoms with Crippen molar-refractivity contribution < 1.29 is 14.7 Å². The summed E-state index contributed by atoms with van der Waals surface area (Å²) < 4.78 is 0. The van der Waals surface area contributed by atoms with Gasteiger partial charge in [0.25, 0.3) is 5.91 Å². The van der Waals surface area contributed by atoms with Crippen LogP contribution in [-0.2, 0) is 4.79 Å². The van der Waals surface area contributed by atoms with E-state index in [0.717, 1.165) is 0 Å². The molecule has 72 valence electrons. The first-order valence-electron chi connectivity index (χ1n) is 3.65. The van der Waals surface area contributed by atoms with Crippen molar-refractivity contribution in [1.29, 1.82) is 0 Å². The molecule has 2 N–H and O–H groups in total. The Hall–Kier alpha value is -1.70. The molecule has 0 bridgehead atoms.